The fraction of sp³-hybridized carbons (Fsp3) is 0.867. The van der Waals surface area contributed by atoms with Crippen LogP contribution in [0.3, 0.4) is 0 Å². The van der Waals surface area contributed by atoms with Crippen molar-refractivity contribution < 1.29 is 14.7 Å². The molecule has 5 heteroatoms. The minimum atomic E-state index is -0.747. The van der Waals surface area contributed by atoms with E-state index in [1.807, 2.05) is 11.8 Å². The van der Waals surface area contributed by atoms with Gasteiger partial charge in [0.1, 0.15) is 0 Å². The van der Waals surface area contributed by atoms with Crippen LogP contribution in [0.2, 0.25) is 0 Å². The number of hydrogen-bond acceptors (Lipinski definition) is 3. The Morgan fingerprint density at radius 2 is 1.90 bits per heavy atom. The Hall–Kier alpha value is -0.710. The molecule has 2 fully saturated rings. The van der Waals surface area contributed by atoms with Crippen LogP contribution in [0.4, 0.5) is 0 Å². The molecule has 0 aromatic carbocycles. The van der Waals surface area contributed by atoms with Gasteiger partial charge in [-0.15, -0.1) is 0 Å². The Morgan fingerprint density at radius 1 is 1.15 bits per heavy atom. The third-order valence-electron chi connectivity index (χ3n) is 4.53. The van der Waals surface area contributed by atoms with Crippen LogP contribution in [0.15, 0.2) is 0 Å². The molecule has 0 saturated heterocycles. The average Bonchev–Trinajstić information content (AvgIpc) is 2.86. The van der Waals surface area contributed by atoms with Gasteiger partial charge < -0.3 is 10.4 Å². The highest BCUT2D eigenvalue weighted by Gasteiger charge is 2.33. The number of carboxylic acids is 1. The lowest BCUT2D eigenvalue weighted by molar-refractivity contribution is -0.144. The van der Waals surface area contributed by atoms with E-state index in [1.54, 1.807) is 0 Å². The van der Waals surface area contributed by atoms with Crippen molar-refractivity contribution in [2.24, 2.45) is 11.8 Å². The molecule has 2 aliphatic rings. The summed E-state index contributed by atoms with van der Waals surface area (Å²) in [6.45, 7) is 2.17. The Labute approximate surface area is 125 Å². The van der Waals surface area contributed by atoms with Gasteiger partial charge in [0, 0.05) is 17.2 Å². The Kier molecular flexibility index (Phi) is 5.75. The number of hydrogen-bond donors (Lipinski definition) is 2. The average molecular weight is 299 g/mol. The summed E-state index contributed by atoms with van der Waals surface area (Å²) in [5.74, 6) is 0.0499. The summed E-state index contributed by atoms with van der Waals surface area (Å²) in [5, 5.41) is 12.9. The molecule has 2 aliphatic carbocycles. The summed E-state index contributed by atoms with van der Waals surface area (Å²) in [5.41, 5.74) is 0. The van der Waals surface area contributed by atoms with E-state index in [-0.39, 0.29) is 17.7 Å². The predicted molar refractivity (Wildman–Crippen MR) is 80.8 cm³/mol. The van der Waals surface area contributed by atoms with E-state index in [0.717, 1.165) is 37.9 Å². The van der Waals surface area contributed by atoms with Gasteiger partial charge in [0.15, 0.2) is 0 Å². The summed E-state index contributed by atoms with van der Waals surface area (Å²) in [4.78, 5) is 23.3. The maximum Gasteiger partial charge on any atom is 0.306 e. The smallest absolute Gasteiger partial charge is 0.306 e. The van der Waals surface area contributed by atoms with E-state index in [2.05, 4.69) is 12.2 Å². The third kappa shape index (κ3) is 4.14. The van der Waals surface area contributed by atoms with Crippen molar-refractivity contribution in [3.63, 3.8) is 0 Å². The molecule has 1 amide bonds. The van der Waals surface area contributed by atoms with Crippen molar-refractivity contribution in [1.29, 1.82) is 0 Å². The second-order valence-electron chi connectivity index (χ2n) is 5.99. The monoisotopic (exact) mass is 299 g/mol. The van der Waals surface area contributed by atoms with Gasteiger partial charge in [-0.25, -0.2) is 0 Å². The van der Waals surface area contributed by atoms with Gasteiger partial charge in [0.05, 0.1) is 5.92 Å². The van der Waals surface area contributed by atoms with Crippen molar-refractivity contribution >= 4 is 23.6 Å². The van der Waals surface area contributed by atoms with Crippen LogP contribution in [0, 0.1) is 11.8 Å². The molecule has 2 saturated carbocycles. The largest absolute Gasteiger partial charge is 0.481 e. The molecule has 114 valence electrons. The zero-order valence-corrected chi connectivity index (χ0v) is 13.0. The number of carboxylic acid groups (broad SMARTS) is 1. The van der Waals surface area contributed by atoms with Crippen LogP contribution in [-0.2, 0) is 9.59 Å². The normalized spacial score (nSPS) is 33.9. The second-order valence-corrected chi connectivity index (χ2v) is 7.57. The molecule has 0 heterocycles. The number of carbonyl (C=O) groups excluding carboxylic acids is 1. The summed E-state index contributed by atoms with van der Waals surface area (Å²) >= 11 is 1.98. The van der Waals surface area contributed by atoms with Crippen molar-refractivity contribution in [2.45, 2.75) is 63.2 Å². The van der Waals surface area contributed by atoms with Crippen LogP contribution in [0.1, 0.15) is 51.9 Å². The number of rotatable bonds is 5. The predicted octanol–water partition coefficient (Wildman–Crippen LogP) is 2.67. The van der Waals surface area contributed by atoms with E-state index >= 15 is 0 Å². The highest BCUT2D eigenvalue weighted by molar-refractivity contribution is 7.99. The zero-order chi connectivity index (χ0) is 14.5. The molecule has 2 N–H and O–H groups in total. The Balaban J connectivity index is 1.78. The molecule has 2 rings (SSSR count). The maximum absolute atomic E-state index is 12.3. The van der Waals surface area contributed by atoms with E-state index < -0.39 is 5.97 Å². The van der Waals surface area contributed by atoms with Gasteiger partial charge in [-0.3, -0.25) is 9.59 Å². The minimum Gasteiger partial charge on any atom is -0.481 e. The first-order valence-corrected chi connectivity index (χ1v) is 8.79. The number of thioether (sulfide) groups is 1. The molecule has 20 heavy (non-hydrogen) atoms. The second kappa shape index (κ2) is 7.34. The molecule has 0 radical (unpaired) electrons. The van der Waals surface area contributed by atoms with Gasteiger partial charge >= 0.3 is 5.97 Å². The SMILES string of the molecule is CCSC1CCC(NC(=O)C2CCCC(C(=O)O)C2)C1. The molecule has 0 aliphatic heterocycles. The first kappa shape index (κ1) is 15.7. The summed E-state index contributed by atoms with van der Waals surface area (Å²) in [7, 11) is 0. The van der Waals surface area contributed by atoms with Gasteiger partial charge in [-0.1, -0.05) is 13.3 Å². The topological polar surface area (TPSA) is 66.4 Å². The summed E-state index contributed by atoms with van der Waals surface area (Å²) in [6, 6.07) is 0.303. The standard InChI is InChI=1S/C15H25NO3S/c1-2-20-13-7-6-12(9-13)16-14(17)10-4-3-5-11(8-10)15(18)19/h10-13H,2-9H2,1H3,(H,16,17)(H,18,19). The fourth-order valence-corrected chi connectivity index (χ4v) is 4.57. The van der Waals surface area contributed by atoms with Gasteiger partial charge in [0.2, 0.25) is 5.91 Å². The first-order chi connectivity index (χ1) is 9.60. The number of aliphatic carboxylic acids is 1. The summed E-state index contributed by atoms with van der Waals surface area (Å²) in [6.07, 6.45) is 6.26. The van der Waals surface area contributed by atoms with Crippen LogP contribution in [-0.4, -0.2) is 34.0 Å². The van der Waals surface area contributed by atoms with E-state index in [0.29, 0.717) is 17.7 Å². The zero-order valence-electron chi connectivity index (χ0n) is 12.1. The van der Waals surface area contributed by atoms with E-state index in [4.69, 9.17) is 5.11 Å². The van der Waals surface area contributed by atoms with Crippen molar-refractivity contribution in [2.75, 3.05) is 5.75 Å². The lowest BCUT2D eigenvalue weighted by atomic mass is 9.81. The summed E-state index contributed by atoms with van der Waals surface area (Å²) < 4.78 is 0. The van der Waals surface area contributed by atoms with E-state index in [9.17, 15) is 9.59 Å². The fourth-order valence-electron chi connectivity index (χ4n) is 3.43. The van der Waals surface area contributed by atoms with Crippen molar-refractivity contribution in [3.05, 3.63) is 0 Å². The number of amides is 1. The molecule has 0 aromatic heterocycles. The molecule has 0 bridgehead atoms. The van der Waals surface area contributed by atoms with Crippen LogP contribution in [0.5, 0.6) is 0 Å². The highest BCUT2D eigenvalue weighted by Crippen LogP contribution is 2.32. The number of carbonyl (C=O) groups is 2. The van der Waals surface area contributed by atoms with Crippen LogP contribution >= 0.6 is 11.8 Å². The molecular formula is C15H25NO3S. The Bertz CT molecular complexity index is 361. The van der Waals surface area contributed by atoms with Gasteiger partial charge in [0.25, 0.3) is 0 Å². The van der Waals surface area contributed by atoms with Crippen molar-refractivity contribution in [3.8, 4) is 0 Å². The molecule has 0 aromatic rings. The molecular weight excluding hydrogens is 274 g/mol. The lowest BCUT2D eigenvalue weighted by Gasteiger charge is -2.27. The van der Waals surface area contributed by atoms with Gasteiger partial charge in [-0.05, 0) is 44.3 Å². The first-order valence-electron chi connectivity index (χ1n) is 7.75. The van der Waals surface area contributed by atoms with Crippen LogP contribution < -0.4 is 5.32 Å². The van der Waals surface area contributed by atoms with Gasteiger partial charge in [-0.2, -0.15) is 11.8 Å². The quantitative estimate of drug-likeness (QED) is 0.819. The highest BCUT2D eigenvalue weighted by atomic mass is 32.2. The molecule has 0 spiro atoms. The lowest BCUT2D eigenvalue weighted by Crippen LogP contribution is -2.40. The van der Waals surface area contributed by atoms with Crippen LogP contribution in [0.25, 0.3) is 0 Å². The third-order valence-corrected chi connectivity index (χ3v) is 5.76. The van der Waals surface area contributed by atoms with Crippen molar-refractivity contribution in [1.82, 2.24) is 5.32 Å². The maximum atomic E-state index is 12.3. The molecule has 4 nitrogen and oxygen atoms in total. The minimum absolute atomic E-state index is 0.0862. The molecule has 4 atom stereocenters. The molecule has 4 unspecified atom stereocenters. The number of nitrogens with one attached hydrogen (secondary N) is 1. The van der Waals surface area contributed by atoms with E-state index in [1.165, 1.54) is 6.42 Å². The Morgan fingerprint density at radius 3 is 2.60 bits per heavy atom.